The largest absolute Gasteiger partial charge is 0.311 e. The first-order valence-electron chi connectivity index (χ1n) is 9.58. The van der Waals surface area contributed by atoms with Crippen LogP contribution in [0.1, 0.15) is 23.7 Å². The number of carbonyl (C=O) groups excluding carboxylic acids is 1. The first-order chi connectivity index (χ1) is 13.6. The van der Waals surface area contributed by atoms with Crippen LogP contribution in [0, 0.1) is 6.92 Å². The van der Waals surface area contributed by atoms with Gasteiger partial charge in [0.05, 0.1) is 11.4 Å². The van der Waals surface area contributed by atoms with Crippen molar-refractivity contribution < 1.29 is 4.79 Å². The lowest BCUT2D eigenvalue weighted by atomic mass is 10.0. The SMILES string of the molecule is CC(=O)N1CCN(Cc2ccccc2)Cc2cc(-c3ccc(C)nn3)ccc21. The van der Waals surface area contributed by atoms with E-state index in [1.807, 2.05) is 42.2 Å². The average molecular weight is 372 g/mol. The quantitative estimate of drug-likeness (QED) is 0.701. The molecular weight excluding hydrogens is 348 g/mol. The van der Waals surface area contributed by atoms with Crippen molar-refractivity contribution in [1.82, 2.24) is 15.1 Å². The molecule has 142 valence electrons. The number of nitrogens with zero attached hydrogens (tertiary/aromatic N) is 4. The highest BCUT2D eigenvalue weighted by Gasteiger charge is 2.23. The summed E-state index contributed by atoms with van der Waals surface area (Å²) in [4.78, 5) is 16.5. The third-order valence-corrected chi connectivity index (χ3v) is 5.13. The van der Waals surface area contributed by atoms with E-state index in [0.29, 0.717) is 6.54 Å². The van der Waals surface area contributed by atoms with Crippen molar-refractivity contribution in [2.24, 2.45) is 0 Å². The lowest BCUT2D eigenvalue weighted by Gasteiger charge is -2.21. The Morgan fingerprint density at radius 1 is 1.00 bits per heavy atom. The topological polar surface area (TPSA) is 49.3 Å². The highest BCUT2D eigenvalue weighted by Crippen LogP contribution is 2.30. The summed E-state index contributed by atoms with van der Waals surface area (Å²) >= 11 is 0. The van der Waals surface area contributed by atoms with Crippen molar-refractivity contribution in [3.05, 3.63) is 77.5 Å². The van der Waals surface area contributed by atoms with Crippen molar-refractivity contribution >= 4 is 11.6 Å². The zero-order valence-electron chi connectivity index (χ0n) is 16.3. The van der Waals surface area contributed by atoms with E-state index in [9.17, 15) is 4.79 Å². The van der Waals surface area contributed by atoms with E-state index in [0.717, 1.165) is 47.8 Å². The molecule has 2 aromatic carbocycles. The van der Waals surface area contributed by atoms with E-state index in [1.165, 1.54) is 5.56 Å². The Bertz CT molecular complexity index is 970. The first-order valence-corrected chi connectivity index (χ1v) is 9.58. The fourth-order valence-corrected chi connectivity index (χ4v) is 3.67. The Kier molecular flexibility index (Phi) is 5.17. The molecule has 0 radical (unpaired) electrons. The lowest BCUT2D eigenvalue weighted by molar-refractivity contribution is -0.116. The van der Waals surface area contributed by atoms with Gasteiger partial charge in [-0.1, -0.05) is 36.4 Å². The summed E-state index contributed by atoms with van der Waals surface area (Å²) in [6, 6.07) is 20.6. The van der Waals surface area contributed by atoms with Gasteiger partial charge in [-0.2, -0.15) is 10.2 Å². The van der Waals surface area contributed by atoms with Crippen LogP contribution in [-0.4, -0.2) is 34.1 Å². The summed E-state index contributed by atoms with van der Waals surface area (Å²) in [5, 5.41) is 8.49. The number of benzene rings is 2. The van der Waals surface area contributed by atoms with Crippen molar-refractivity contribution in [3.63, 3.8) is 0 Å². The number of rotatable bonds is 3. The summed E-state index contributed by atoms with van der Waals surface area (Å²) < 4.78 is 0. The van der Waals surface area contributed by atoms with E-state index >= 15 is 0 Å². The number of amides is 1. The summed E-state index contributed by atoms with van der Waals surface area (Å²) in [6.45, 7) is 6.75. The summed E-state index contributed by atoms with van der Waals surface area (Å²) in [7, 11) is 0. The second-order valence-corrected chi connectivity index (χ2v) is 7.27. The lowest BCUT2D eigenvalue weighted by Crippen LogP contribution is -2.34. The van der Waals surface area contributed by atoms with Gasteiger partial charge in [0.2, 0.25) is 5.91 Å². The van der Waals surface area contributed by atoms with Gasteiger partial charge in [0, 0.05) is 44.4 Å². The van der Waals surface area contributed by atoms with Gasteiger partial charge < -0.3 is 4.90 Å². The van der Waals surface area contributed by atoms with E-state index in [4.69, 9.17) is 0 Å². The van der Waals surface area contributed by atoms with Crippen LogP contribution in [0.3, 0.4) is 0 Å². The molecule has 1 amide bonds. The number of aryl methyl sites for hydroxylation is 1. The van der Waals surface area contributed by atoms with Gasteiger partial charge in [-0.3, -0.25) is 9.69 Å². The van der Waals surface area contributed by atoms with Crippen LogP contribution in [0.5, 0.6) is 0 Å². The molecule has 5 heteroatoms. The molecule has 3 aromatic rings. The molecule has 4 rings (SSSR count). The van der Waals surface area contributed by atoms with Gasteiger partial charge in [0.1, 0.15) is 0 Å². The monoisotopic (exact) mass is 372 g/mol. The molecular formula is C23H24N4O. The fourth-order valence-electron chi connectivity index (χ4n) is 3.67. The van der Waals surface area contributed by atoms with Crippen LogP contribution >= 0.6 is 0 Å². The molecule has 0 atom stereocenters. The number of hydrogen-bond acceptors (Lipinski definition) is 4. The van der Waals surface area contributed by atoms with Crippen molar-refractivity contribution in [2.45, 2.75) is 26.9 Å². The fraction of sp³-hybridized carbons (Fsp3) is 0.261. The summed E-state index contributed by atoms with van der Waals surface area (Å²) in [5.74, 6) is 0.0747. The van der Waals surface area contributed by atoms with Crippen LogP contribution in [-0.2, 0) is 17.9 Å². The molecule has 0 fully saturated rings. The molecule has 0 saturated carbocycles. The Balaban J connectivity index is 1.68. The maximum atomic E-state index is 12.3. The van der Waals surface area contributed by atoms with Gasteiger partial charge in [0.15, 0.2) is 0 Å². The average Bonchev–Trinajstić information content (AvgIpc) is 2.88. The maximum absolute atomic E-state index is 12.3. The molecule has 5 nitrogen and oxygen atoms in total. The molecule has 1 aliphatic heterocycles. The number of anilines is 1. The highest BCUT2D eigenvalue weighted by molar-refractivity contribution is 5.93. The highest BCUT2D eigenvalue weighted by atomic mass is 16.2. The minimum absolute atomic E-state index is 0.0747. The zero-order chi connectivity index (χ0) is 19.5. The number of aromatic nitrogens is 2. The van der Waals surface area contributed by atoms with E-state index in [2.05, 4.69) is 45.4 Å². The molecule has 0 spiro atoms. The van der Waals surface area contributed by atoms with Crippen LogP contribution in [0.15, 0.2) is 60.7 Å². The summed E-state index contributed by atoms with van der Waals surface area (Å²) in [6.07, 6.45) is 0. The van der Waals surface area contributed by atoms with Crippen LogP contribution in [0.2, 0.25) is 0 Å². The van der Waals surface area contributed by atoms with Gasteiger partial charge >= 0.3 is 0 Å². The van der Waals surface area contributed by atoms with E-state index in [1.54, 1.807) is 6.92 Å². The minimum Gasteiger partial charge on any atom is -0.311 e. The zero-order valence-corrected chi connectivity index (χ0v) is 16.3. The maximum Gasteiger partial charge on any atom is 0.223 e. The predicted octanol–water partition coefficient (Wildman–Crippen LogP) is 3.82. The van der Waals surface area contributed by atoms with E-state index < -0.39 is 0 Å². The third-order valence-electron chi connectivity index (χ3n) is 5.13. The van der Waals surface area contributed by atoms with Crippen molar-refractivity contribution in [1.29, 1.82) is 0 Å². The molecule has 1 aromatic heterocycles. The standard InChI is InChI=1S/C23H24N4O/c1-17-8-10-22(25-24-17)20-9-11-23-21(14-20)16-26(12-13-27(23)18(2)28)15-19-6-4-3-5-7-19/h3-11,14H,12-13,15-16H2,1-2H3. The van der Waals surface area contributed by atoms with Gasteiger partial charge in [0.25, 0.3) is 0 Å². The number of fused-ring (bicyclic) bond motifs is 1. The summed E-state index contributed by atoms with van der Waals surface area (Å²) in [5.41, 5.74) is 6.18. The van der Waals surface area contributed by atoms with Gasteiger partial charge in [-0.05, 0) is 42.3 Å². The van der Waals surface area contributed by atoms with E-state index in [-0.39, 0.29) is 5.91 Å². The normalized spacial score (nSPS) is 14.4. The Morgan fingerprint density at radius 2 is 1.82 bits per heavy atom. The predicted molar refractivity (Wildman–Crippen MR) is 111 cm³/mol. The molecule has 0 aliphatic carbocycles. The minimum atomic E-state index is 0.0747. The number of carbonyl (C=O) groups is 1. The Labute approximate surface area is 165 Å². The van der Waals surface area contributed by atoms with Crippen LogP contribution in [0.4, 0.5) is 5.69 Å². The second-order valence-electron chi connectivity index (χ2n) is 7.27. The first kappa shape index (κ1) is 18.3. The Morgan fingerprint density at radius 3 is 2.54 bits per heavy atom. The smallest absolute Gasteiger partial charge is 0.223 e. The van der Waals surface area contributed by atoms with Crippen molar-refractivity contribution in [2.75, 3.05) is 18.0 Å². The second kappa shape index (κ2) is 7.90. The van der Waals surface area contributed by atoms with Gasteiger partial charge in [-0.25, -0.2) is 0 Å². The van der Waals surface area contributed by atoms with Crippen LogP contribution < -0.4 is 4.90 Å². The molecule has 0 bridgehead atoms. The molecule has 2 heterocycles. The third kappa shape index (κ3) is 3.94. The number of hydrogen-bond donors (Lipinski definition) is 0. The molecule has 28 heavy (non-hydrogen) atoms. The van der Waals surface area contributed by atoms with Crippen LogP contribution in [0.25, 0.3) is 11.3 Å². The van der Waals surface area contributed by atoms with Crippen molar-refractivity contribution in [3.8, 4) is 11.3 Å². The van der Waals surface area contributed by atoms with Gasteiger partial charge in [-0.15, -0.1) is 0 Å². The molecule has 0 unspecified atom stereocenters. The molecule has 1 aliphatic rings. The molecule has 0 saturated heterocycles. The molecule has 0 N–H and O–H groups in total. The Hall–Kier alpha value is -3.05.